The maximum Gasteiger partial charge on any atom is 0.416 e. The molecule has 0 aliphatic rings. The van der Waals surface area contributed by atoms with E-state index in [1.807, 2.05) is 0 Å². The number of oxazole rings is 1. The number of carboxylic acid groups (broad SMARTS) is 1. The highest BCUT2D eigenvalue weighted by Gasteiger charge is 2.30. The van der Waals surface area contributed by atoms with Gasteiger partial charge >= 0.3 is 12.1 Å². The van der Waals surface area contributed by atoms with Gasteiger partial charge in [-0.2, -0.15) is 13.2 Å². The van der Waals surface area contributed by atoms with Crippen LogP contribution in [0.25, 0.3) is 11.5 Å². The molecule has 0 unspecified atom stereocenters. The fraction of sp³-hybridized carbons (Fsp3) is 0.167. The van der Waals surface area contributed by atoms with Crippen LogP contribution in [-0.2, 0) is 17.4 Å². The van der Waals surface area contributed by atoms with E-state index in [1.165, 1.54) is 18.3 Å². The lowest BCUT2D eigenvalue weighted by molar-refractivity contribution is -0.138. The lowest BCUT2D eigenvalue weighted by Crippen LogP contribution is -2.04. The largest absolute Gasteiger partial charge is 0.481 e. The van der Waals surface area contributed by atoms with Crippen molar-refractivity contribution in [3.63, 3.8) is 0 Å². The van der Waals surface area contributed by atoms with Crippen molar-refractivity contribution in [2.75, 3.05) is 0 Å². The maximum absolute atomic E-state index is 12.5. The molecule has 7 heteroatoms. The normalized spacial score (nSPS) is 11.5. The Bertz CT molecular complexity index is 604. The van der Waals surface area contributed by atoms with Gasteiger partial charge in [0.1, 0.15) is 12.2 Å². The number of hydrogen-bond acceptors (Lipinski definition) is 3. The molecule has 2 rings (SSSR count). The van der Waals surface area contributed by atoms with Gasteiger partial charge in [0.15, 0.2) is 0 Å². The van der Waals surface area contributed by atoms with Crippen molar-refractivity contribution in [3.05, 3.63) is 41.8 Å². The number of hydrogen-bond donors (Lipinski definition) is 1. The second kappa shape index (κ2) is 4.75. The van der Waals surface area contributed by atoms with Crippen LogP contribution < -0.4 is 0 Å². The zero-order valence-corrected chi connectivity index (χ0v) is 9.44. The predicted molar refractivity (Wildman–Crippen MR) is 58.3 cm³/mol. The van der Waals surface area contributed by atoms with Gasteiger partial charge in [-0.3, -0.25) is 4.79 Å². The Morgan fingerprint density at radius 2 is 2.11 bits per heavy atom. The lowest BCUT2D eigenvalue weighted by atomic mass is 10.1. The SMILES string of the molecule is O=C(O)Cc1cnc(-c2cccc(C(F)(F)F)c2)o1. The summed E-state index contributed by atoms with van der Waals surface area (Å²) in [6.45, 7) is 0. The van der Waals surface area contributed by atoms with E-state index < -0.39 is 17.7 Å². The van der Waals surface area contributed by atoms with Crippen LogP contribution in [0.1, 0.15) is 11.3 Å². The molecule has 0 aliphatic heterocycles. The highest BCUT2D eigenvalue weighted by atomic mass is 19.4. The number of aromatic nitrogens is 1. The van der Waals surface area contributed by atoms with Crippen LogP contribution in [0.3, 0.4) is 0 Å². The fourth-order valence-corrected chi connectivity index (χ4v) is 1.50. The molecule has 1 aromatic carbocycles. The van der Waals surface area contributed by atoms with Gasteiger partial charge < -0.3 is 9.52 Å². The molecule has 0 spiro atoms. The first kappa shape index (κ1) is 13.1. The molecule has 0 radical (unpaired) electrons. The fourth-order valence-electron chi connectivity index (χ4n) is 1.50. The van der Waals surface area contributed by atoms with Crippen LogP contribution in [0, 0.1) is 0 Å². The van der Waals surface area contributed by atoms with Gasteiger partial charge in [-0.1, -0.05) is 6.07 Å². The number of nitrogens with zero attached hydrogens (tertiary/aromatic N) is 1. The van der Waals surface area contributed by atoms with Crippen molar-refractivity contribution in [3.8, 4) is 11.5 Å². The van der Waals surface area contributed by atoms with Crippen LogP contribution in [0.5, 0.6) is 0 Å². The van der Waals surface area contributed by atoms with Crippen LogP contribution in [0.2, 0.25) is 0 Å². The number of aliphatic carboxylic acids is 1. The molecule has 19 heavy (non-hydrogen) atoms. The molecule has 2 aromatic rings. The molecule has 100 valence electrons. The van der Waals surface area contributed by atoms with Crippen LogP contribution in [-0.4, -0.2) is 16.1 Å². The first-order valence-electron chi connectivity index (χ1n) is 5.20. The summed E-state index contributed by atoms with van der Waals surface area (Å²) in [7, 11) is 0. The van der Waals surface area contributed by atoms with E-state index in [4.69, 9.17) is 9.52 Å². The quantitative estimate of drug-likeness (QED) is 0.932. The number of rotatable bonds is 3. The summed E-state index contributed by atoms with van der Waals surface area (Å²) in [6.07, 6.45) is -3.64. The number of benzene rings is 1. The summed E-state index contributed by atoms with van der Waals surface area (Å²) in [6, 6.07) is 4.48. The number of alkyl halides is 3. The van der Waals surface area contributed by atoms with Gasteiger partial charge in [0.05, 0.1) is 11.8 Å². The second-order valence-electron chi connectivity index (χ2n) is 3.78. The Labute approximate surface area is 105 Å². The molecule has 4 nitrogen and oxygen atoms in total. The third-order valence-corrected chi connectivity index (χ3v) is 2.32. The molecule has 1 N–H and O–H groups in total. The van der Waals surface area contributed by atoms with Crippen molar-refractivity contribution < 1.29 is 27.5 Å². The Kier molecular flexibility index (Phi) is 3.28. The van der Waals surface area contributed by atoms with Crippen molar-refractivity contribution in [1.29, 1.82) is 0 Å². The molecule has 0 aliphatic carbocycles. The summed E-state index contributed by atoms with van der Waals surface area (Å²) < 4.78 is 42.7. The predicted octanol–water partition coefficient (Wildman–Crippen LogP) is 2.99. The maximum atomic E-state index is 12.5. The van der Waals surface area contributed by atoms with Gasteiger partial charge in [-0.05, 0) is 18.2 Å². The summed E-state index contributed by atoms with van der Waals surface area (Å²) in [4.78, 5) is 14.2. The minimum Gasteiger partial charge on any atom is -0.481 e. The lowest BCUT2D eigenvalue weighted by Gasteiger charge is -2.06. The molecule has 0 saturated carbocycles. The smallest absolute Gasteiger partial charge is 0.416 e. The topological polar surface area (TPSA) is 63.3 Å². The molecule has 1 heterocycles. The van der Waals surface area contributed by atoms with E-state index in [-0.39, 0.29) is 23.6 Å². The van der Waals surface area contributed by atoms with E-state index in [2.05, 4.69) is 4.98 Å². The van der Waals surface area contributed by atoms with Gasteiger partial charge in [-0.25, -0.2) is 4.98 Å². The van der Waals surface area contributed by atoms with Gasteiger partial charge in [0, 0.05) is 5.56 Å². The van der Waals surface area contributed by atoms with E-state index in [9.17, 15) is 18.0 Å². The molecule has 0 saturated heterocycles. The molecule has 0 atom stereocenters. The zero-order chi connectivity index (χ0) is 14.0. The monoisotopic (exact) mass is 271 g/mol. The van der Waals surface area contributed by atoms with E-state index in [1.54, 1.807) is 0 Å². The highest BCUT2D eigenvalue weighted by Crippen LogP contribution is 2.31. The standard InChI is InChI=1S/C12H8F3NO3/c13-12(14,15)8-3-1-2-7(4-8)11-16-6-9(19-11)5-10(17)18/h1-4,6H,5H2,(H,17,18). The average molecular weight is 271 g/mol. The molecule has 0 bridgehead atoms. The van der Waals surface area contributed by atoms with E-state index >= 15 is 0 Å². The molecular formula is C12H8F3NO3. The minimum absolute atomic E-state index is 0.0395. The van der Waals surface area contributed by atoms with E-state index in [0.29, 0.717) is 0 Å². The Morgan fingerprint density at radius 1 is 1.37 bits per heavy atom. The van der Waals surface area contributed by atoms with Gasteiger partial charge in [0.25, 0.3) is 0 Å². The number of carbonyl (C=O) groups is 1. The zero-order valence-electron chi connectivity index (χ0n) is 9.44. The van der Waals surface area contributed by atoms with Crippen molar-refractivity contribution in [2.24, 2.45) is 0 Å². The summed E-state index contributed by atoms with van der Waals surface area (Å²) in [5.74, 6) is -1.06. The summed E-state index contributed by atoms with van der Waals surface area (Å²) >= 11 is 0. The van der Waals surface area contributed by atoms with Crippen molar-refractivity contribution in [2.45, 2.75) is 12.6 Å². The highest BCUT2D eigenvalue weighted by molar-refractivity contribution is 5.69. The minimum atomic E-state index is -4.45. The van der Waals surface area contributed by atoms with Gasteiger partial charge in [0.2, 0.25) is 5.89 Å². The van der Waals surface area contributed by atoms with Gasteiger partial charge in [-0.15, -0.1) is 0 Å². The first-order valence-corrected chi connectivity index (χ1v) is 5.20. The van der Waals surface area contributed by atoms with Crippen LogP contribution in [0.4, 0.5) is 13.2 Å². The van der Waals surface area contributed by atoms with Crippen LogP contribution in [0.15, 0.2) is 34.9 Å². The third-order valence-electron chi connectivity index (χ3n) is 2.32. The molecule has 0 fully saturated rings. The number of carboxylic acids is 1. The third kappa shape index (κ3) is 3.12. The summed E-state index contributed by atoms with van der Waals surface area (Å²) in [5.41, 5.74) is -0.672. The Hall–Kier alpha value is -2.31. The Balaban J connectivity index is 2.32. The molecule has 0 amide bonds. The molecule has 1 aromatic heterocycles. The first-order chi connectivity index (χ1) is 8.86. The Morgan fingerprint density at radius 3 is 2.74 bits per heavy atom. The van der Waals surface area contributed by atoms with Crippen molar-refractivity contribution >= 4 is 5.97 Å². The van der Waals surface area contributed by atoms with E-state index in [0.717, 1.165) is 12.1 Å². The summed E-state index contributed by atoms with van der Waals surface area (Å²) in [5, 5.41) is 8.56. The van der Waals surface area contributed by atoms with Crippen molar-refractivity contribution in [1.82, 2.24) is 4.98 Å². The average Bonchev–Trinajstić information content (AvgIpc) is 2.76. The second-order valence-corrected chi connectivity index (χ2v) is 3.78. The number of halogens is 3. The molecular weight excluding hydrogens is 263 g/mol. The van der Waals surface area contributed by atoms with Crippen LogP contribution >= 0.6 is 0 Å².